The molecule has 0 unspecified atom stereocenters. The predicted octanol–water partition coefficient (Wildman–Crippen LogP) is -0.0868. The van der Waals surface area contributed by atoms with Gasteiger partial charge in [-0.2, -0.15) is 0 Å². The molecule has 0 radical (unpaired) electrons. The first-order chi connectivity index (χ1) is 5.68. The average molecular weight is 189 g/mol. The molecule has 3 saturated heterocycles. The number of hydrogen-bond donors (Lipinski definition) is 0. The number of nitrogens with zero attached hydrogens (tertiary/aromatic N) is 1. The van der Waals surface area contributed by atoms with Crippen molar-refractivity contribution in [2.75, 3.05) is 39.5 Å². The first kappa shape index (κ1) is 7.46. The Bertz CT molecular complexity index is 213. The molecule has 0 amide bonds. The van der Waals surface area contributed by atoms with Gasteiger partial charge in [0.15, 0.2) is 0 Å². The van der Waals surface area contributed by atoms with Gasteiger partial charge in [0.25, 0.3) is 0 Å². The summed E-state index contributed by atoms with van der Waals surface area (Å²) in [5, 5.41) is 0. The molecule has 0 atom stereocenters. The molecule has 71 valence electrons. The molecule has 0 aliphatic carbocycles. The summed E-state index contributed by atoms with van der Waals surface area (Å²) in [5.41, 5.74) is 0. The summed E-state index contributed by atoms with van der Waals surface area (Å²) >= 11 is 0. The van der Waals surface area contributed by atoms with Crippen LogP contribution in [-0.4, -0.2) is 51.8 Å². The molecule has 3 aliphatic heterocycles. The minimum absolute atomic E-state index is 0.824. The van der Waals surface area contributed by atoms with Crippen molar-refractivity contribution in [1.82, 2.24) is 0 Å². The molecule has 3 fully saturated rings. The van der Waals surface area contributed by atoms with E-state index < -0.39 is 8.24 Å². The fourth-order valence-electron chi connectivity index (χ4n) is 2.97. The van der Waals surface area contributed by atoms with E-state index >= 15 is 0 Å². The number of rotatable bonds is 0. The summed E-state index contributed by atoms with van der Waals surface area (Å²) in [6.07, 6.45) is 0. The van der Waals surface area contributed by atoms with E-state index in [1.807, 2.05) is 0 Å². The van der Waals surface area contributed by atoms with Crippen molar-refractivity contribution in [3.8, 4) is 0 Å². The molecule has 0 aromatic rings. The topological polar surface area (TPSA) is 27.7 Å². The van der Waals surface area contributed by atoms with Gasteiger partial charge in [0.2, 0.25) is 0 Å². The van der Waals surface area contributed by atoms with E-state index in [9.17, 15) is 0 Å². The van der Waals surface area contributed by atoms with E-state index in [-0.39, 0.29) is 0 Å². The zero-order valence-corrected chi connectivity index (χ0v) is 8.41. The minimum atomic E-state index is -2.88. The van der Waals surface area contributed by atoms with Gasteiger partial charge < -0.3 is 0 Å². The van der Waals surface area contributed by atoms with Crippen molar-refractivity contribution in [1.29, 1.82) is 0 Å². The van der Waals surface area contributed by atoms with E-state index in [0.717, 1.165) is 43.6 Å². The quantitative estimate of drug-likeness (QED) is 0.499. The van der Waals surface area contributed by atoms with Crippen molar-refractivity contribution in [2.45, 2.75) is 6.55 Å². The third-order valence-corrected chi connectivity index (χ3v) is 9.25. The second-order valence-corrected chi connectivity index (χ2v) is 8.76. The summed E-state index contributed by atoms with van der Waals surface area (Å²) in [6, 6.07) is 0. The molecule has 0 saturated carbocycles. The van der Waals surface area contributed by atoms with Gasteiger partial charge in [0.1, 0.15) is 0 Å². The van der Waals surface area contributed by atoms with Crippen LogP contribution in [0.15, 0.2) is 0 Å². The zero-order valence-electron chi connectivity index (χ0n) is 7.41. The van der Waals surface area contributed by atoms with Crippen LogP contribution in [0.4, 0.5) is 0 Å². The van der Waals surface area contributed by atoms with Crippen LogP contribution >= 0.6 is 0 Å². The second kappa shape index (κ2) is 1.78. The summed E-state index contributed by atoms with van der Waals surface area (Å²) < 4.78 is 18.6. The van der Waals surface area contributed by atoms with Crippen molar-refractivity contribution in [3.05, 3.63) is 0 Å². The molecule has 12 heavy (non-hydrogen) atoms. The fraction of sp³-hybridized carbons (Fsp3) is 1.00. The molecule has 5 heteroatoms. The van der Waals surface area contributed by atoms with Crippen LogP contribution < -0.4 is 0 Å². The van der Waals surface area contributed by atoms with Crippen molar-refractivity contribution >= 4 is 8.24 Å². The fourth-order valence-corrected chi connectivity index (χ4v) is 7.47. The van der Waals surface area contributed by atoms with Crippen LogP contribution in [-0.2, 0) is 13.3 Å². The predicted molar refractivity (Wildman–Crippen MR) is 44.3 cm³/mol. The molecular weight excluding hydrogens is 174 g/mol. The summed E-state index contributed by atoms with van der Waals surface area (Å²) in [5.74, 6) is 0. The van der Waals surface area contributed by atoms with E-state index in [4.69, 9.17) is 13.3 Å². The normalized spacial score (nSPS) is 50.9. The van der Waals surface area contributed by atoms with Crippen molar-refractivity contribution in [3.63, 3.8) is 0 Å². The zero-order chi connectivity index (χ0) is 8.31. The maximum atomic E-state index is 5.85. The van der Waals surface area contributed by atoms with E-state index in [1.54, 1.807) is 0 Å². The van der Waals surface area contributed by atoms with Gasteiger partial charge in [-0.3, -0.25) is 0 Å². The van der Waals surface area contributed by atoms with Crippen molar-refractivity contribution in [2.24, 2.45) is 0 Å². The third kappa shape index (κ3) is 0.541. The molecule has 3 heterocycles. The van der Waals surface area contributed by atoms with E-state index in [1.165, 1.54) is 0 Å². The van der Waals surface area contributed by atoms with Crippen LogP contribution in [0.1, 0.15) is 0 Å². The van der Waals surface area contributed by atoms with Gasteiger partial charge in [0.05, 0.1) is 0 Å². The molecule has 4 nitrogen and oxygen atoms in total. The number of quaternary nitrogens is 1. The monoisotopic (exact) mass is 189 g/mol. The Labute approximate surface area is 72.5 Å². The Morgan fingerprint density at radius 2 is 1.33 bits per heavy atom. The molecule has 3 rings (SSSR count). The van der Waals surface area contributed by atoms with Crippen LogP contribution in [0.3, 0.4) is 0 Å². The Morgan fingerprint density at radius 3 is 1.67 bits per heavy atom. The maximum absolute atomic E-state index is 5.85. The summed E-state index contributed by atoms with van der Waals surface area (Å²) in [4.78, 5) is 0. The molecule has 0 spiro atoms. The first-order valence-corrected chi connectivity index (χ1v) is 7.32. The molecule has 3 aliphatic rings. The molecular formula is C7H15NO3Si-. The van der Waals surface area contributed by atoms with Crippen molar-refractivity contribution < 1.29 is 17.4 Å². The summed E-state index contributed by atoms with van der Waals surface area (Å²) in [6.45, 7) is 7.88. The first-order valence-electron chi connectivity index (χ1n) is 4.65. The average Bonchev–Trinajstić information content (AvgIpc) is 2.43. The Hall–Kier alpha value is 0.0569. The van der Waals surface area contributed by atoms with Crippen LogP contribution in [0.2, 0.25) is 6.55 Å². The molecule has 0 aromatic carbocycles. The van der Waals surface area contributed by atoms with Crippen LogP contribution in [0.25, 0.3) is 0 Å². The van der Waals surface area contributed by atoms with Gasteiger partial charge >= 0.3 is 71.7 Å². The SMILES string of the molecule is C[Si-2]123OCC[N+]1(CCO2)CCO3. The molecule has 0 aromatic heterocycles. The standard InChI is InChI=1S/C7H15NO3Si/c1-12-8(2-5-9-12,3-6-10-12)4-7-11-12/h2-7H2,1H3/q-1. The van der Waals surface area contributed by atoms with E-state index in [2.05, 4.69) is 6.55 Å². The Balaban J connectivity index is 2.17. The van der Waals surface area contributed by atoms with Gasteiger partial charge in [0, 0.05) is 0 Å². The third-order valence-electron chi connectivity index (χ3n) is 3.90. The van der Waals surface area contributed by atoms with Crippen LogP contribution in [0.5, 0.6) is 0 Å². The molecule has 0 bridgehead atoms. The summed E-state index contributed by atoms with van der Waals surface area (Å²) in [7, 11) is -2.88. The van der Waals surface area contributed by atoms with Crippen LogP contribution in [0, 0.1) is 0 Å². The van der Waals surface area contributed by atoms with Gasteiger partial charge in [-0.05, 0) is 0 Å². The Kier molecular flexibility index (Phi) is 1.11. The van der Waals surface area contributed by atoms with E-state index in [0.29, 0.717) is 0 Å². The molecule has 0 N–H and O–H groups in total. The van der Waals surface area contributed by atoms with Gasteiger partial charge in [-0.25, -0.2) is 0 Å². The van der Waals surface area contributed by atoms with Gasteiger partial charge in [-0.15, -0.1) is 0 Å². The number of hydrogen-bond acceptors (Lipinski definition) is 3. The second-order valence-electron chi connectivity index (χ2n) is 4.22. The van der Waals surface area contributed by atoms with Gasteiger partial charge in [-0.1, -0.05) is 0 Å². The Morgan fingerprint density at radius 1 is 0.917 bits per heavy atom.